The van der Waals surface area contributed by atoms with Gasteiger partial charge in [0.1, 0.15) is 19.3 Å². The highest BCUT2D eigenvalue weighted by atomic mass is 16.6. The second-order valence-corrected chi connectivity index (χ2v) is 7.05. The summed E-state index contributed by atoms with van der Waals surface area (Å²) in [6.45, 7) is 2.87. The van der Waals surface area contributed by atoms with E-state index in [1.165, 1.54) is 0 Å². The van der Waals surface area contributed by atoms with Crippen molar-refractivity contribution in [3.63, 3.8) is 0 Å². The van der Waals surface area contributed by atoms with Gasteiger partial charge in [-0.2, -0.15) is 0 Å². The van der Waals surface area contributed by atoms with Gasteiger partial charge >= 0.3 is 5.97 Å². The number of aromatic nitrogens is 1. The molecule has 1 fully saturated rings. The molecule has 148 valence electrons. The maximum Gasteiger partial charge on any atom is 0.325 e. The van der Waals surface area contributed by atoms with E-state index in [4.69, 9.17) is 14.2 Å². The van der Waals surface area contributed by atoms with Gasteiger partial charge in [0.2, 0.25) is 0 Å². The third-order valence-electron chi connectivity index (χ3n) is 5.17. The summed E-state index contributed by atoms with van der Waals surface area (Å²) in [6.07, 6.45) is 5.28. The first kappa shape index (κ1) is 18.7. The van der Waals surface area contributed by atoms with Gasteiger partial charge < -0.3 is 19.3 Å². The monoisotopic (exact) mass is 384 g/mol. The number of ether oxygens (including phenoxy) is 3. The minimum atomic E-state index is -0.855. The van der Waals surface area contributed by atoms with Crippen LogP contribution < -0.4 is 9.47 Å². The third-order valence-corrected chi connectivity index (χ3v) is 5.17. The lowest BCUT2D eigenvalue weighted by Crippen LogP contribution is -2.42. The fraction of sp³-hybridized carbons (Fsp3) is 0.429. The van der Waals surface area contributed by atoms with Crippen molar-refractivity contribution in [1.29, 1.82) is 0 Å². The van der Waals surface area contributed by atoms with E-state index in [9.17, 15) is 9.90 Å². The van der Waals surface area contributed by atoms with Crippen molar-refractivity contribution in [2.75, 3.05) is 26.3 Å². The summed E-state index contributed by atoms with van der Waals surface area (Å²) in [5, 5.41) is 9.85. The van der Waals surface area contributed by atoms with Gasteiger partial charge in [-0.3, -0.25) is 14.7 Å². The molecule has 7 heteroatoms. The van der Waals surface area contributed by atoms with Crippen LogP contribution in [-0.2, 0) is 16.1 Å². The van der Waals surface area contributed by atoms with Gasteiger partial charge in [0.05, 0.1) is 12.7 Å². The zero-order chi connectivity index (χ0) is 19.3. The first-order valence-electron chi connectivity index (χ1n) is 9.57. The number of rotatable bonds is 6. The molecule has 1 N–H and O–H groups in total. The molecule has 0 spiro atoms. The van der Waals surface area contributed by atoms with Crippen molar-refractivity contribution in [1.82, 2.24) is 9.88 Å². The summed E-state index contributed by atoms with van der Waals surface area (Å²) >= 11 is 0. The van der Waals surface area contributed by atoms with Crippen molar-refractivity contribution < 1.29 is 24.1 Å². The molecule has 0 amide bonds. The van der Waals surface area contributed by atoms with Crippen LogP contribution in [0, 0.1) is 0 Å². The first-order valence-corrected chi connectivity index (χ1v) is 9.57. The summed E-state index contributed by atoms with van der Waals surface area (Å²) in [5.41, 5.74) is 1.76. The largest absolute Gasteiger partial charge is 0.486 e. The van der Waals surface area contributed by atoms with Crippen molar-refractivity contribution in [2.24, 2.45) is 0 Å². The quantitative estimate of drug-likeness (QED) is 0.820. The van der Waals surface area contributed by atoms with E-state index in [2.05, 4.69) is 4.98 Å². The molecule has 0 radical (unpaired) electrons. The molecule has 1 aromatic heterocycles. The molecule has 0 bridgehead atoms. The Hall–Kier alpha value is -2.64. The van der Waals surface area contributed by atoms with Crippen LogP contribution >= 0.6 is 0 Å². The average molecular weight is 384 g/mol. The predicted octanol–water partition coefficient (Wildman–Crippen LogP) is 2.66. The van der Waals surface area contributed by atoms with Crippen LogP contribution in [0.25, 0.3) is 0 Å². The van der Waals surface area contributed by atoms with Gasteiger partial charge in [0.25, 0.3) is 0 Å². The van der Waals surface area contributed by atoms with E-state index in [0.29, 0.717) is 50.0 Å². The zero-order valence-corrected chi connectivity index (χ0v) is 15.6. The Labute approximate surface area is 163 Å². The van der Waals surface area contributed by atoms with E-state index in [-0.39, 0.29) is 6.10 Å². The zero-order valence-electron chi connectivity index (χ0n) is 15.6. The number of benzene rings is 1. The van der Waals surface area contributed by atoms with Crippen LogP contribution in [0.15, 0.2) is 42.7 Å². The molecular formula is C21H24N2O5. The number of carboxylic acids is 1. The Morgan fingerprint density at radius 1 is 1.21 bits per heavy atom. The lowest BCUT2D eigenvalue weighted by molar-refractivity contribution is -0.145. The summed E-state index contributed by atoms with van der Waals surface area (Å²) in [5.74, 6) is 0.428. The fourth-order valence-corrected chi connectivity index (χ4v) is 3.74. The van der Waals surface area contributed by atoms with Gasteiger partial charge in [0, 0.05) is 25.5 Å². The molecule has 2 aliphatic heterocycles. The van der Waals surface area contributed by atoms with Gasteiger partial charge in [-0.25, -0.2) is 0 Å². The highest BCUT2D eigenvalue weighted by Crippen LogP contribution is 2.35. The molecule has 1 saturated heterocycles. The van der Waals surface area contributed by atoms with E-state index in [1.807, 2.05) is 23.1 Å². The van der Waals surface area contributed by atoms with Gasteiger partial charge in [-0.15, -0.1) is 0 Å². The number of pyridine rings is 1. The number of piperidine rings is 1. The minimum Gasteiger partial charge on any atom is -0.486 e. The van der Waals surface area contributed by atoms with Crippen LogP contribution in [0.1, 0.15) is 30.0 Å². The van der Waals surface area contributed by atoms with Gasteiger partial charge in [0.15, 0.2) is 11.5 Å². The maximum absolute atomic E-state index is 12.0. The number of nitrogens with zero attached hydrogens (tertiary/aromatic N) is 2. The first-order chi connectivity index (χ1) is 13.7. The lowest BCUT2D eigenvalue weighted by Gasteiger charge is -2.36. The molecule has 0 aliphatic carbocycles. The topological polar surface area (TPSA) is 81.1 Å². The number of hydrogen-bond donors (Lipinski definition) is 1. The molecule has 2 aliphatic rings. The number of fused-ring (bicyclic) bond motifs is 1. The van der Waals surface area contributed by atoms with Gasteiger partial charge in [-0.05, 0) is 42.2 Å². The van der Waals surface area contributed by atoms with Crippen molar-refractivity contribution >= 4 is 5.97 Å². The highest BCUT2D eigenvalue weighted by Gasteiger charge is 2.32. The maximum atomic E-state index is 12.0. The van der Waals surface area contributed by atoms with Gasteiger partial charge in [-0.1, -0.05) is 12.1 Å². The van der Waals surface area contributed by atoms with E-state index >= 15 is 0 Å². The summed E-state index contributed by atoms with van der Waals surface area (Å²) in [6, 6.07) is 8.59. The number of aliphatic carboxylic acids is 1. The second-order valence-electron chi connectivity index (χ2n) is 7.05. The molecule has 1 aromatic carbocycles. The standard InChI is InChI=1S/C21H24N2O5/c24-21(25)20(16-3-4-18-19(12-16)27-11-10-26-18)23-8-5-17(6-9-23)28-14-15-2-1-7-22-13-15/h1-4,7,12-13,17,20H,5-6,8-11,14H2,(H,24,25)/t20-/m1/s1. The molecule has 28 heavy (non-hydrogen) atoms. The number of likely N-dealkylation sites (tertiary alicyclic amines) is 1. The molecular weight excluding hydrogens is 360 g/mol. The molecule has 0 unspecified atom stereocenters. The number of hydrogen-bond acceptors (Lipinski definition) is 6. The number of carbonyl (C=O) groups is 1. The fourth-order valence-electron chi connectivity index (χ4n) is 3.74. The van der Waals surface area contributed by atoms with Crippen molar-refractivity contribution in [2.45, 2.75) is 31.6 Å². The highest BCUT2D eigenvalue weighted by molar-refractivity contribution is 5.76. The molecule has 4 rings (SSSR count). The summed E-state index contributed by atoms with van der Waals surface area (Å²) in [4.78, 5) is 18.1. The molecule has 3 heterocycles. The van der Waals surface area contributed by atoms with Crippen LogP contribution in [0.2, 0.25) is 0 Å². The predicted molar refractivity (Wildman–Crippen MR) is 101 cm³/mol. The SMILES string of the molecule is O=C(O)[C@@H](c1ccc2c(c1)OCCO2)N1CCC(OCc2cccnc2)CC1. The minimum absolute atomic E-state index is 0.131. The smallest absolute Gasteiger partial charge is 0.325 e. The average Bonchev–Trinajstić information content (AvgIpc) is 2.74. The molecule has 2 aromatic rings. The van der Waals surface area contributed by atoms with E-state index in [0.717, 1.165) is 18.4 Å². The third kappa shape index (κ3) is 4.26. The Bertz CT molecular complexity index is 806. The lowest BCUT2D eigenvalue weighted by atomic mass is 10.00. The Morgan fingerprint density at radius 3 is 2.71 bits per heavy atom. The van der Waals surface area contributed by atoms with Crippen LogP contribution in [0.4, 0.5) is 0 Å². The van der Waals surface area contributed by atoms with Crippen molar-refractivity contribution in [3.8, 4) is 11.5 Å². The van der Waals surface area contributed by atoms with E-state index < -0.39 is 12.0 Å². The summed E-state index contributed by atoms with van der Waals surface area (Å²) < 4.78 is 17.1. The number of carboxylic acid groups (broad SMARTS) is 1. The molecule has 1 atom stereocenters. The normalized spacial score (nSPS) is 18.6. The van der Waals surface area contributed by atoms with Crippen LogP contribution in [0.3, 0.4) is 0 Å². The van der Waals surface area contributed by atoms with Crippen LogP contribution in [0.5, 0.6) is 11.5 Å². The molecule has 0 saturated carbocycles. The van der Waals surface area contributed by atoms with Crippen LogP contribution in [-0.4, -0.2) is 53.4 Å². The van der Waals surface area contributed by atoms with Crippen molar-refractivity contribution in [3.05, 3.63) is 53.9 Å². The molecule has 7 nitrogen and oxygen atoms in total. The van der Waals surface area contributed by atoms with E-state index in [1.54, 1.807) is 24.5 Å². The summed E-state index contributed by atoms with van der Waals surface area (Å²) in [7, 11) is 0. The Kier molecular flexibility index (Phi) is 5.73. The Balaban J connectivity index is 1.38. The second kappa shape index (κ2) is 8.58. The Morgan fingerprint density at radius 2 is 2.00 bits per heavy atom.